The molecule has 2 N–H and O–H groups in total. The Balaban J connectivity index is 2.33. The van der Waals surface area contributed by atoms with Crippen molar-refractivity contribution in [2.24, 2.45) is 0 Å². The highest BCUT2D eigenvalue weighted by molar-refractivity contribution is 9.10. The summed E-state index contributed by atoms with van der Waals surface area (Å²) in [5.74, 6) is -0.104. The van der Waals surface area contributed by atoms with E-state index in [1.54, 1.807) is 0 Å². The third-order valence-electron chi connectivity index (χ3n) is 3.52. The van der Waals surface area contributed by atoms with Crippen LogP contribution in [0.4, 0.5) is 5.69 Å². The van der Waals surface area contributed by atoms with Crippen LogP contribution in [-0.2, 0) is 4.79 Å². The Hall–Kier alpha value is -1.07. The zero-order valence-corrected chi connectivity index (χ0v) is 12.8. The van der Waals surface area contributed by atoms with Gasteiger partial charge in [0.25, 0.3) is 0 Å². The fourth-order valence-corrected chi connectivity index (χ4v) is 2.59. The van der Waals surface area contributed by atoms with Crippen molar-refractivity contribution in [3.05, 3.63) is 28.2 Å². The number of aryl methyl sites for hydroxylation is 1. The van der Waals surface area contributed by atoms with Gasteiger partial charge >= 0.3 is 0 Å². The fourth-order valence-electron chi connectivity index (χ4n) is 2.34. The molecule has 0 aromatic heterocycles. The molecule has 1 saturated heterocycles. The van der Waals surface area contributed by atoms with Crippen molar-refractivity contribution in [3.8, 4) is 0 Å². The molecule has 0 radical (unpaired) electrons. The highest BCUT2D eigenvalue weighted by Crippen LogP contribution is 2.25. The maximum Gasteiger partial charge on any atom is 0.245 e. The largest absolute Gasteiger partial charge is 0.394 e. The summed E-state index contributed by atoms with van der Waals surface area (Å²) in [6, 6.07) is 5.62. The predicted octanol–water partition coefficient (Wildman–Crippen LogP) is 1.83. The molecule has 1 aromatic rings. The van der Waals surface area contributed by atoms with Gasteiger partial charge in [0.1, 0.15) is 6.04 Å². The van der Waals surface area contributed by atoms with Crippen molar-refractivity contribution >= 4 is 27.5 Å². The summed E-state index contributed by atoms with van der Waals surface area (Å²) < 4.78 is 1.05. The zero-order valence-electron chi connectivity index (χ0n) is 11.2. The number of hydrogen-bond acceptors (Lipinski definition) is 3. The second-order valence-corrected chi connectivity index (χ2v) is 5.88. The molecule has 0 aliphatic carbocycles. The fraction of sp³-hybridized carbons (Fsp3) is 0.500. The number of halogens is 1. The monoisotopic (exact) mass is 326 g/mol. The van der Waals surface area contributed by atoms with Gasteiger partial charge in [0.05, 0.1) is 6.61 Å². The van der Waals surface area contributed by atoms with Gasteiger partial charge in [0.2, 0.25) is 5.91 Å². The van der Waals surface area contributed by atoms with Gasteiger partial charge in [-0.3, -0.25) is 4.79 Å². The van der Waals surface area contributed by atoms with Crippen LogP contribution in [0, 0.1) is 6.92 Å². The third kappa shape index (κ3) is 3.09. The van der Waals surface area contributed by atoms with E-state index in [-0.39, 0.29) is 18.6 Å². The molecule has 1 fully saturated rings. The standard InChI is InChI=1S/C14H19BrN2O2/c1-9-7-11(3-4-12(9)15)17-6-5-10(2)16-14(19)13(17)8-18/h3-4,7,10,13,18H,5-6,8H2,1-2H3,(H,16,19). The van der Waals surface area contributed by atoms with E-state index in [4.69, 9.17) is 0 Å². The van der Waals surface area contributed by atoms with Gasteiger partial charge in [-0.05, 0) is 44.0 Å². The molecule has 2 atom stereocenters. The average Bonchev–Trinajstić information content (AvgIpc) is 2.51. The first kappa shape index (κ1) is 14.3. The number of aliphatic hydroxyl groups excluding tert-OH is 1. The summed E-state index contributed by atoms with van der Waals surface area (Å²) in [4.78, 5) is 14.1. The molecule has 1 aliphatic heterocycles. The van der Waals surface area contributed by atoms with E-state index in [1.165, 1.54) is 0 Å². The minimum Gasteiger partial charge on any atom is -0.394 e. The van der Waals surface area contributed by atoms with Crippen molar-refractivity contribution in [3.63, 3.8) is 0 Å². The van der Waals surface area contributed by atoms with Gasteiger partial charge in [0.15, 0.2) is 0 Å². The minimum atomic E-state index is -0.509. The van der Waals surface area contributed by atoms with Crippen molar-refractivity contribution < 1.29 is 9.90 Å². The van der Waals surface area contributed by atoms with E-state index in [0.717, 1.165) is 28.7 Å². The molecule has 1 aromatic carbocycles. The van der Waals surface area contributed by atoms with Crippen LogP contribution in [0.25, 0.3) is 0 Å². The van der Waals surface area contributed by atoms with Crippen LogP contribution in [0.5, 0.6) is 0 Å². The second kappa shape index (κ2) is 5.92. The Morgan fingerprint density at radius 2 is 2.26 bits per heavy atom. The van der Waals surface area contributed by atoms with Crippen molar-refractivity contribution in [2.75, 3.05) is 18.1 Å². The average molecular weight is 327 g/mol. The van der Waals surface area contributed by atoms with Crippen LogP contribution in [-0.4, -0.2) is 36.2 Å². The lowest BCUT2D eigenvalue weighted by Gasteiger charge is -2.29. The maximum atomic E-state index is 12.1. The number of hydrogen-bond donors (Lipinski definition) is 2. The summed E-state index contributed by atoms with van der Waals surface area (Å²) in [6.45, 7) is 4.59. The van der Waals surface area contributed by atoms with Gasteiger partial charge in [-0.15, -0.1) is 0 Å². The molecule has 1 amide bonds. The summed E-state index contributed by atoms with van der Waals surface area (Å²) >= 11 is 3.48. The molecule has 1 aliphatic rings. The Morgan fingerprint density at radius 3 is 2.89 bits per heavy atom. The lowest BCUT2D eigenvalue weighted by Crippen LogP contribution is -2.47. The zero-order chi connectivity index (χ0) is 14.0. The summed E-state index contributed by atoms with van der Waals surface area (Å²) in [7, 11) is 0. The van der Waals surface area contributed by atoms with Gasteiger partial charge in [-0.1, -0.05) is 15.9 Å². The van der Waals surface area contributed by atoms with Crippen LogP contribution in [0.3, 0.4) is 0 Å². The van der Waals surface area contributed by atoms with E-state index in [1.807, 2.05) is 36.9 Å². The molecular weight excluding hydrogens is 308 g/mol. The number of carbonyl (C=O) groups is 1. The van der Waals surface area contributed by atoms with E-state index in [2.05, 4.69) is 21.2 Å². The molecule has 4 nitrogen and oxygen atoms in total. The summed E-state index contributed by atoms with van der Waals surface area (Å²) in [6.07, 6.45) is 0.872. The molecule has 0 bridgehead atoms. The van der Waals surface area contributed by atoms with Crippen molar-refractivity contribution in [2.45, 2.75) is 32.4 Å². The summed E-state index contributed by atoms with van der Waals surface area (Å²) in [5.41, 5.74) is 2.09. The van der Waals surface area contributed by atoms with Gasteiger partial charge < -0.3 is 15.3 Å². The predicted molar refractivity (Wildman–Crippen MR) is 79.3 cm³/mol. The smallest absolute Gasteiger partial charge is 0.245 e. The molecule has 0 saturated carbocycles. The van der Waals surface area contributed by atoms with Crippen molar-refractivity contribution in [1.82, 2.24) is 5.32 Å². The molecular formula is C14H19BrN2O2. The van der Waals surface area contributed by atoms with Crippen LogP contribution in [0.15, 0.2) is 22.7 Å². The molecule has 0 spiro atoms. The van der Waals surface area contributed by atoms with Gasteiger partial charge in [0, 0.05) is 22.7 Å². The Kier molecular flexibility index (Phi) is 4.47. The maximum absolute atomic E-state index is 12.1. The Labute approximate surface area is 121 Å². The summed E-state index contributed by atoms with van der Waals surface area (Å²) in [5, 5.41) is 12.4. The number of anilines is 1. The highest BCUT2D eigenvalue weighted by Gasteiger charge is 2.29. The Morgan fingerprint density at radius 1 is 1.53 bits per heavy atom. The first-order valence-corrected chi connectivity index (χ1v) is 7.26. The van der Waals surface area contributed by atoms with Gasteiger partial charge in [-0.2, -0.15) is 0 Å². The molecule has 1 heterocycles. The Bertz CT molecular complexity index is 479. The number of nitrogens with zero attached hydrogens (tertiary/aromatic N) is 1. The third-order valence-corrected chi connectivity index (χ3v) is 4.41. The molecule has 2 rings (SSSR count). The number of rotatable bonds is 2. The second-order valence-electron chi connectivity index (χ2n) is 5.02. The van der Waals surface area contributed by atoms with Crippen LogP contribution >= 0.6 is 15.9 Å². The molecule has 2 unspecified atom stereocenters. The van der Waals surface area contributed by atoms with Crippen LogP contribution < -0.4 is 10.2 Å². The number of nitrogens with one attached hydrogen (secondary N) is 1. The number of aliphatic hydroxyl groups is 1. The van der Waals surface area contributed by atoms with Crippen molar-refractivity contribution in [1.29, 1.82) is 0 Å². The first-order valence-electron chi connectivity index (χ1n) is 6.47. The normalized spacial score (nSPS) is 24.0. The SMILES string of the molecule is Cc1cc(N2CCC(C)NC(=O)C2CO)ccc1Br. The lowest BCUT2D eigenvalue weighted by atomic mass is 10.1. The molecule has 104 valence electrons. The van der Waals surface area contributed by atoms with E-state index >= 15 is 0 Å². The quantitative estimate of drug-likeness (QED) is 0.871. The first-order chi connectivity index (χ1) is 9.02. The van der Waals surface area contributed by atoms with E-state index in [0.29, 0.717) is 0 Å². The van der Waals surface area contributed by atoms with E-state index in [9.17, 15) is 9.90 Å². The molecule has 5 heteroatoms. The van der Waals surface area contributed by atoms with E-state index < -0.39 is 6.04 Å². The number of carbonyl (C=O) groups excluding carboxylic acids is 1. The van der Waals surface area contributed by atoms with Crippen LogP contribution in [0.1, 0.15) is 18.9 Å². The molecule has 19 heavy (non-hydrogen) atoms. The van der Waals surface area contributed by atoms with Crippen LogP contribution in [0.2, 0.25) is 0 Å². The minimum absolute atomic E-state index is 0.104. The van der Waals surface area contributed by atoms with Gasteiger partial charge in [-0.25, -0.2) is 0 Å². The lowest BCUT2D eigenvalue weighted by molar-refractivity contribution is -0.123. The number of amides is 1. The number of benzene rings is 1. The topological polar surface area (TPSA) is 52.6 Å². The highest BCUT2D eigenvalue weighted by atomic mass is 79.9.